The first-order valence-electron chi connectivity index (χ1n) is 11.0. The Hall–Kier alpha value is -3.60. The zero-order chi connectivity index (χ0) is 26.7. The molecule has 2 aromatic carbocycles. The van der Waals surface area contributed by atoms with Crippen LogP contribution in [-0.4, -0.2) is 83.4 Å². The number of amides is 1. The lowest BCUT2D eigenvalue weighted by molar-refractivity contribution is -0.136. The SMILES string of the molecule is COc1ccc([C@H]2SC=C(c3ccccc3)N(CCN(C)C)C(=O)[C@H]2O)cc1.O=C(O)/C=C/C(=O)O. The van der Waals surface area contributed by atoms with Crippen molar-refractivity contribution in [1.82, 2.24) is 9.80 Å². The van der Waals surface area contributed by atoms with Gasteiger partial charge in [0.1, 0.15) is 11.9 Å². The van der Waals surface area contributed by atoms with Crippen molar-refractivity contribution in [2.75, 3.05) is 34.3 Å². The number of thioether (sulfide) groups is 1. The summed E-state index contributed by atoms with van der Waals surface area (Å²) in [5, 5.41) is 28.2. The monoisotopic (exact) mass is 514 g/mol. The molecule has 0 aromatic heterocycles. The first kappa shape index (κ1) is 28.6. The molecule has 36 heavy (non-hydrogen) atoms. The summed E-state index contributed by atoms with van der Waals surface area (Å²) in [6, 6.07) is 17.3. The Morgan fingerprint density at radius 1 is 1.03 bits per heavy atom. The second kappa shape index (κ2) is 14.1. The molecule has 9 nitrogen and oxygen atoms in total. The predicted molar refractivity (Wildman–Crippen MR) is 138 cm³/mol. The number of methoxy groups -OCH3 is 1. The smallest absolute Gasteiger partial charge is 0.328 e. The van der Waals surface area contributed by atoms with Crippen LogP contribution in [0.25, 0.3) is 5.70 Å². The number of aliphatic hydroxyl groups excluding tert-OH is 1. The van der Waals surface area contributed by atoms with Crippen molar-refractivity contribution in [3.8, 4) is 5.75 Å². The molecule has 0 unspecified atom stereocenters. The number of aliphatic carboxylic acids is 2. The largest absolute Gasteiger partial charge is 0.497 e. The van der Waals surface area contributed by atoms with Crippen molar-refractivity contribution >= 4 is 35.3 Å². The molecule has 0 spiro atoms. The van der Waals surface area contributed by atoms with Crippen molar-refractivity contribution in [2.24, 2.45) is 0 Å². The molecule has 0 saturated heterocycles. The molecule has 1 amide bonds. The van der Waals surface area contributed by atoms with Gasteiger partial charge in [-0.2, -0.15) is 0 Å². The second-order valence-corrected chi connectivity index (χ2v) is 8.96. The Balaban J connectivity index is 0.000000493. The molecule has 1 aliphatic heterocycles. The van der Waals surface area contributed by atoms with Gasteiger partial charge in [-0.25, -0.2) is 9.59 Å². The van der Waals surface area contributed by atoms with Crippen LogP contribution in [0.3, 0.4) is 0 Å². The molecule has 1 aliphatic rings. The van der Waals surface area contributed by atoms with E-state index in [9.17, 15) is 19.5 Å². The highest BCUT2D eigenvalue weighted by atomic mass is 32.2. The predicted octanol–water partition coefficient (Wildman–Crippen LogP) is 2.94. The maximum atomic E-state index is 13.2. The fraction of sp³-hybridized carbons (Fsp3) is 0.269. The quantitative estimate of drug-likeness (QED) is 0.456. The molecule has 0 saturated carbocycles. The van der Waals surface area contributed by atoms with Gasteiger partial charge in [0.05, 0.1) is 18.1 Å². The molecule has 2 atom stereocenters. The topological polar surface area (TPSA) is 128 Å². The van der Waals surface area contributed by atoms with Crippen LogP contribution in [0.5, 0.6) is 5.75 Å². The zero-order valence-electron chi connectivity index (χ0n) is 20.3. The van der Waals surface area contributed by atoms with Gasteiger partial charge in [0.15, 0.2) is 0 Å². The van der Waals surface area contributed by atoms with Crippen LogP contribution >= 0.6 is 11.8 Å². The third-order valence-electron chi connectivity index (χ3n) is 5.08. The average molecular weight is 515 g/mol. The molecular formula is C26H30N2O7S. The number of rotatable bonds is 8. The van der Waals surface area contributed by atoms with Gasteiger partial charge < -0.3 is 29.9 Å². The van der Waals surface area contributed by atoms with E-state index in [-0.39, 0.29) is 11.2 Å². The van der Waals surface area contributed by atoms with Crippen molar-refractivity contribution < 1.29 is 34.4 Å². The van der Waals surface area contributed by atoms with Crippen molar-refractivity contribution in [3.05, 3.63) is 83.3 Å². The lowest BCUT2D eigenvalue weighted by Crippen LogP contribution is -2.42. The minimum absolute atomic E-state index is 0.275. The minimum Gasteiger partial charge on any atom is -0.497 e. The van der Waals surface area contributed by atoms with E-state index in [1.54, 1.807) is 12.0 Å². The fourth-order valence-electron chi connectivity index (χ4n) is 3.24. The summed E-state index contributed by atoms with van der Waals surface area (Å²) >= 11 is 1.47. The van der Waals surface area contributed by atoms with Crippen LogP contribution in [0.4, 0.5) is 0 Å². The molecule has 0 fully saturated rings. The maximum absolute atomic E-state index is 13.2. The molecule has 0 radical (unpaired) electrons. The van der Waals surface area contributed by atoms with E-state index >= 15 is 0 Å². The van der Waals surface area contributed by atoms with Gasteiger partial charge >= 0.3 is 11.9 Å². The van der Waals surface area contributed by atoms with Gasteiger partial charge in [0.25, 0.3) is 5.91 Å². The third-order valence-corrected chi connectivity index (χ3v) is 6.26. The van der Waals surface area contributed by atoms with Crippen molar-refractivity contribution in [3.63, 3.8) is 0 Å². The summed E-state index contributed by atoms with van der Waals surface area (Å²) in [7, 11) is 5.56. The Bertz CT molecular complexity index is 1070. The molecule has 3 N–H and O–H groups in total. The van der Waals surface area contributed by atoms with Gasteiger partial charge in [-0.05, 0) is 42.8 Å². The average Bonchev–Trinajstić information content (AvgIpc) is 2.98. The zero-order valence-corrected chi connectivity index (χ0v) is 21.1. The molecule has 2 aromatic rings. The lowest BCUT2D eigenvalue weighted by atomic mass is 10.0. The fourth-order valence-corrected chi connectivity index (χ4v) is 4.36. The Labute approximate surface area is 214 Å². The summed E-state index contributed by atoms with van der Waals surface area (Å²) in [5.41, 5.74) is 2.68. The van der Waals surface area contributed by atoms with Gasteiger partial charge in [0, 0.05) is 25.2 Å². The van der Waals surface area contributed by atoms with Crippen molar-refractivity contribution in [2.45, 2.75) is 11.4 Å². The summed E-state index contributed by atoms with van der Waals surface area (Å²) in [6.07, 6.45) is -0.0111. The lowest BCUT2D eigenvalue weighted by Gasteiger charge is -2.28. The summed E-state index contributed by atoms with van der Waals surface area (Å²) in [5.74, 6) is -2.04. The maximum Gasteiger partial charge on any atom is 0.328 e. The molecule has 10 heteroatoms. The number of benzene rings is 2. The first-order valence-corrected chi connectivity index (χ1v) is 11.9. The van der Waals surface area contributed by atoms with Crippen LogP contribution in [0.2, 0.25) is 0 Å². The van der Waals surface area contributed by atoms with Crippen LogP contribution in [0, 0.1) is 0 Å². The Kier molecular flexibility index (Phi) is 11.2. The summed E-state index contributed by atoms with van der Waals surface area (Å²) in [6.45, 7) is 1.22. The van der Waals surface area contributed by atoms with E-state index in [1.165, 1.54) is 11.8 Å². The number of carboxylic acid groups (broad SMARTS) is 2. The molecule has 0 aliphatic carbocycles. The van der Waals surface area contributed by atoms with E-state index < -0.39 is 18.0 Å². The van der Waals surface area contributed by atoms with E-state index in [1.807, 2.05) is 79.0 Å². The number of hydrogen-bond donors (Lipinski definition) is 3. The van der Waals surface area contributed by atoms with Crippen LogP contribution in [0.1, 0.15) is 16.4 Å². The van der Waals surface area contributed by atoms with Gasteiger partial charge in [-0.15, -0.1) is 11.8 Å². The van der Waals surface area contributed by atoms with Gasteiger partial charge in [0.2, 0.25) is 0 Å². The van der Waals surface area contributed by atoms with Crippen LogP contribution < -0.4 is 4.74 Å². The van der Waals surface area contributed by atoms with E-state index in [0.717, 1.165) is 22.6 Å². The third kappa shape index (κ3) is 8.56. The normalized spacial score (nSPS) is 17.8. The van der Waals surface area contributed by atoms with E-state index in [2.05, 4.69) is 0 Å². The standard InChI is InChI=1S/C22H26N2O3S.C4H4O4/c1-23(2)13-14-24-19(16-7-5-4-6-8-16)15-28-21(20(25)22(24)26)17-9-11-18(27-3)12-10-17;5-3(6)1-2-4(7)8/h4-12,15,20-21,25H,13-14H2,1-3H3;1-2H,(H,5,6)(H,7,8)/b;2-1+/t20-,21+;/m0./s1. The minimum atomic E-state index is -1.26. The molecule has 1 heterocycles. The number of carbonyl (C=O) groups is 3. The number of aliphatic hydroxyl groups is 1. The van der Waals surface area contributed by atoms with Gasteiger partial charge in [-0.1, -0.05) is 42.5 Å². The highest BCUT2D eigenvalue weighted by Gasteiger charge is 2.35. The Morgan fingerprint density at radius 3 is 2.11 bits per heavy atom. The Morgan fingerprint density at radius 2 is 1.61 bits per heavy atom. The number of ether oxygens (including phenoxy) is 1. The van der Waals surface area contributed by atoms with Crippen molar-refractivity contribution in [1.29, 1.82) is 0 Å². The molecule has 192 valence electrons. The number of likely N-dealkylation sites (N-methyl/N-ethyl adjacent to an activating group) is 1. The number of hydrogen-bond acceptors (Lipinski definition) is 7. The highest BCUT2D eigenvalue weighted by Crippen LogP contribution is 2.40. The van der Waals surface area contributed by atoms with E-state index in [0.29, 0.717) is 25.2 Å². The summed E-state index contributed by atoms with van der Waals surface area (Å²) < 4.78 is 5.21. The number of carboxylic acids is 2. The summed E-state index contributed by atoms with van der Waals surface area (Å²) in [4.78, 5) is 36.1. The first-order chi connectivity index (χ1) is 17.1. The number of nitrogens with zero attached hydrogens (tertiary/aromatic N) is 2. The number of carbonyl (C=O) groups excluding carboxylic acids is 1. The molecule has 3 rings (SSSR count). The second-order valence-electron chi connectivity index (χ2n) is 7.95. The van der Waals surface area contributed by atoms with Crippen LogP contribution in [0.15, 0.2) is 72.2 Å². The van der Waals surface area contributed by atoms with Crippen LogP contribution in [-0.2, 0) is 14.4 Å². The van der Waals surface area contributed by atoms with Gasteiger partial charge in [-0.3, -0.25) is 4.79 Å². The highest BCUT2D eigenvalue weighted by molar-refractivity contribution is 8.02. The van der Waals surface area contributed by atoms with E-state index in [4.69, 9.17) is 14.9 Å². The molecule has 0 bridgehead atoms. The molecular weight excluding hydrogens is 484 g/mol.